The third kappa shape index (κ3) is 5.74. The zero-order valence-electron chi connectivity index (χ0n) is 15.3. The summed E-state index contributed by atoms with van der Waals surface area (Å²) >= 11 is 0. The van der Waals surface area contributed by atoms with E-state index in [9.17, 15) is 4.79 Å². The number of hydrogen-bond acceptors (Lipinski definition) is 5. The molecule has 0 atom stereocenters. The van der Waals surface area contributed by atoms with E-state index in [1.54, 1.807) is 24.2 Å². The minimum atomic E-state index is -0.0976. The predicted molar refractivity (Wildman–Crippen MR) is 99.4 cm³/mol. The summed E-state index contributed by atoms with van der Waals surface area (Å²) in [5, 5.41) is 3.11. The summed E-state index contributed by atoms with van der Waals surface area (Å²) in [5.41, 5.74) is 1.22. The van der Waals surface area contributed by atoms with Crippen molar-refractivity contribution in [3.8, 4) is 5.75 Å². The Bertz CT molecular complexity index is 686. The van der Waals surface area contributed by atoms with Gasteiger partial charge in [0.2, 0.25) is 5.95 Å². The summed E-state index contributed by atoms with van der Waals surface area (Å²) in [6, 6.07) is 9.19. The third-order valence-corrected chi connectivity index (χ3v) is 3.55. The molecule has 0 aliphatic carbocycles. The number of aromatic nitrogens is 2. The molecule has 1 amide bonds. The first-order valence-electron chi connectivity index (χ1n) is 8.62. The molecule has 2 rings (SSSR count). The molecule has 134 valence electrons. The van der Waals surface area contributed by atoms with Crippen LogP contribution in [0.3, 0.4) is 0 Å². The number of nitrogens with one attached hydrogen (secondary N) is 1. The maximum absolute atomic E-state index is 12.4. The number of anilines is 2. The minimum absolute atomic E-state index is 0.0976. The summed E-state index contributed by atoms with van der Waals surface area (Å²) in [5.74, 6) is 1.11. The van der Waals surface area contributed by atoms with Crippen molar-refractivity contribution in [3.63, 3.8) is 0 Å². The van der Waals surface area contributed by atoms with Crippen LogP contribution in [-0.4, -0.2) is 40.5 Å². The summed E-state index contributed by atoms with van der Waals surface area (Å²) in [6.07, 6.45) is 3.75. The van der Waals surface area contributed by atoms with Crippen molar-refractivity contribution in [1.82, 2.24) is 14.9 Å². The molecule has 0 spiro atoms. The van der Waals surface area contributed by atoms with Crippen molar-refractivity contribution < 1.29 is 9.53 Å². The van der Waals surface area contributed by atoms with E-state index >= 15 is 0 Å². The third-order valence-electron chi connectivity index (χ3n) is 3.55. The van der Waals surface area contributed by atoms with Crippen molar-refractivity contribution in [2.75, 3.05) is 18.9 Å². The fourth-order valence-corrected chi connectivity index (χ4v) is 2.25. The quantitative estimate of drug-likeness (QED) is 0.788. The lowest BCUT2D eigenvalue weighted by atomic mass is 10.3. The van der Waals surface area contributed by atoms with Crippen molar-refractivity contribution in [2.45, 2.75) is 39.7 Å². The molecule has 0 fully saturated rings. The van der Waals surface area contributed by atoms with Crippen LogP contribution < -0.4 is 10.1 Å². The minimum Gasteiger partial charge on any atom is -0.491 e. The first kappa shape index (κ1) is 18.7. The number of hydrogen-bond donors (Lipinski definition) is 1. The largest absolute Gasteiger partial charge is 0.491 e. The van der Waals surface area contributed by atoms with Crippen LogP contribution in [0, 0.1) is 0 Å². The molecule has 0 aliphatic rings. The van der Waals surface area contributed by atoms with Crippen molar-refractivity contribution >= 4 is 17.5 Å². The van der Waals surface area contributed by atoms with E-state index in [0.717, 1.165) is 30.8 Å². The molecule has 0 radical (unpaired) electrons. The Kier molecular flexibility index (Phi) is 6.74. The highest BCUT2D eigenvalue weighted by Gasteiger charge is 2.13. The summed E-state index contributed by atoms with van der Waals surface area (Å²) in [7, 11) is 1.79. The molecule has 6 heteroatoms. The average Bonchev–Trinajstić information content (AvgIpc) is 2.60. The van der Waals surface area contributed by atoms with Crippen LogP contribution in [0.15, 0.2) is 36.5 Å². The Hall–Kier alpha value is -2.63. The van der Waals surface area contributed by atoms with E-state index in [0.29, 0.717) is 11.6 Å². The van der Waals surface area contributed by atoms with E-state index in [1.165, 1.54) is 0 Å². The number of nitrogens with zero attached hydrogens (tertiary/aromatic N) is 3. The van der Waals surface area contributed by atoms with Gasteiger partial charge in [-0.3, -0.25) is 4.79 Å². The van der Waals surface area contributed by atoms with E-state index in [-0.39, 0.29) is 12.0 Å². The van der Waals surface area contributed by atoms with Crippen LogP contribution in [0.5, 0.6) is 5.75 Å². The molecular weight excluding hydrogens is 316 g/mol. The van der Waals surface area contributed by atoms with Gasteiger partial charge in [-0.2, -0.15) is 0 Å². The van der Waals surface area contributed by atoms with Gasteiger partial charge in [-0.05, 0) is 50.6 Å². The molecular formula is C19H26N4O2. The van der Waals surface area contributed by atoms with Gasteiger partial charge in [0.25, 0.3) is 5.91 Å². The number of unbranched alkanes of at least 4 members (excludes halogenated alkanes) is 1. The second-order valence-electron chi connectivity index (χ2n) is 6.16. The summed E-state index contributed by atoms with van der Waals surface area (Å²) in [6.45, 7) is 6.79. The van der Waals surface area contributed by atoms with Gasteiger partial charge < -0.3 is 15.0 Å². The molecule has 2 aromatic rings. The number of carbonyl (C=O) groups is 1. The monoisotopic (exact) mass is 342 g/mol. The van der Waals surface area contributed by atoms with Crippen LogP contribution in [0.25, 0.3) is 0 Å². The van der Waals surface area contributed by atoms with E-state index in [2.05, 4.69) is 22.2 Å². The first-order chi connectivity index (χ1) is 12.0. The number of amides is 1. The van der Waals surface area contributed by atoms with Gasteiger partial charge in [-0.15, -0.1) is 0 Å². The van der Waals surface area contributed by atoms with Crippen LogP contribution in [0.4, 0.5) is 11.6 Å². The molecule has 1 aromatic carbocycles. The number of benzene rings is 1. The highest BCUT2D eigenvalue weighted by atomic mass is 16.5. The van der Waals surface area contributed by atoms with Gasteiger partial charge >= 0.3 is 0 Å². The highest BCUT2D eigenvalue weighted by molar-refractivity contribution is 5.92. The molecule has 1 heterocycles. The Balaban J connectivity index is 2.04. The molecule has 0 unspecified atom stereocenters. The van der Waals surface area contributed by atoms with Crippen LogP contribution in [0.1, 0.15) is 44.1 Å². The van der Waals surface area contributed by atoms with Gasteiger partial charge in [0.05, 0.1) is 6.10 Å². The lowest BCUT2D eigenvalue weighted by Gasteiger charge is -2.16. The van der Waals surface area contributed by atoms with Gasteiger partial charge in [0, 0.05) is 25.5 Å². The van der Waals surface area contributed by atoms with Crippen molar-refractivity contribution in [2.24, 2.45) is 0 Å². The van der Waals surface area contributed by atoms with Crippen LogP contribution in [-0.2, 0) is 0 Å². The molecule has 0 aliphatic heterocycles. The first-order valence-corrected chi connectivity index (χ1v) is 8.62. The zero-order chi connectivity index (χ0) is 18.2. The van der Waals surface area contributed by atoms with Gasteiger partial charge in [-0.1, -0.05) is 13.3 Å². The van der Waals surface area contributed by atoms with Crippen molar-refractivity contribution in [3.05, 3.63) is 42.2 Å². The van der Waals surface area contributed by atoms with Gasteiger partial charge in [0.1, 0.15) is 11.4 Å². The molecule has 1 aromatic heterocycles. The van der Waals surface area contributed by atoms with Crippen molar-refractivity contribution in [1.29, 1.82) is 0 Å². The second-order valence-corrected chi connectivity index (χ2v) is 6.16. The van der Waals surface area contributed by atoms with Gasteiger partial charge in [-0.25, -0.2) is 9.97 Å². The molecule has 1 N–H and O–H groups in total. The molecule has 0 saturated carbocycles. The van der Waals surface area contributed by atoms with Crippen LogP contribution in [0.2, 0.25) is 0 Å². The zero-order valence-corrected chi connectivity index (χ0v) is 15.3. The Morgan fingerprint density at radius 2 is 1.96 bits per heavy atom. The fourth-order valence-electron chi connectivity index (χ4n) is 2.25. The molecule has 0 saturated heterocycles. The normalized spacial score (nSPS) is 10.6. The number of ether oxygens (including phenoxy) is 1. The molecule has 0 bridgehead atoms. The van der Waals surface area contributed by atoms with E-state index < -0.39 is 0 Å². The smallest absolute Gasteiger partial charge is 0.272 e. The lowest BCUT2D eigenvalue weighted by Crippen LogP contribution is -2.28. The highest BCUT2D eigenvalue weighted by Crippen LogP contribution is 2.19. The topological polar surface area (TPSA) is 67.4 Å². The summed E-state index contributed by atoms with van der Waals surface area (Å²) in [4.78, 5) is 22.6. The Morgan fingerprint density at radius 1 is 1.24 bits per heavy atom. The van der Waals surface area contributed by atoms with Gasteiger partial charge in [0.15, 0.2) is 0 Å². The maximum Gasteiger partial charge on any atom is 0.272 e. The standard InChI is InChI=1S/C19H26N4O2/c1-5-6-13-23(4)18(24)17-11-12-20-19(22-17)21-15-7-9-16(10-8-15)25-14(2)3/h7-12,14H,5-6,13H2,1-4H3,(H,20,21,22). The lowest BCUT2D eigenvalue weighted by molar-refractivity contribution is 0.0787. The maximum atomic E-state index is 12.4. The van der Waals surface area contributed by atoms with Crippen LogP contribution >= 0.6 is 0 Å². The van der Waals surface area contributed by atoms with E-state index in [4.69, 9.17) is 4.74 Å². The second kappa shape index (κ2) is 9.01. The number of carbonyl (C=O) groups excluding carboxylic acids is 1. The predicted octanol–water partition coefficient (Wildman–Crippen LogP) is 3.88. The number of rotatable bonds is 8. The molecule has 6 nitrogen and oxygen atoms in total. The Morgan fingerprint density at radius 3 is 2.60 bits per heavy atom. The molecule has 25 heavy (non-hydrogen) atoms. The summed E-state index contributed by atoms with van der Waals surface area (Å²) < 4.78 is 5.62. The SMILES string of the molecule is CCCCN(C)C(=O)c1ccnc(Nc2ccc(OC(C)C)cc2)n1. The van der Waals surface area contributed by atoms with E-state index in [1.807, 2.05) is 38.1 Å². The Labute approximate surface area is 149 Å². The average molecular weight is 342 g/mol. The fraction of sp³-hybridized carbons (Fsp3) is 0.421.